The van der Waals surface area contributed by atoms with Crippen LogP contribution >= 0.6 is 0 Å². The minimum absolute atomic E-state index is 0.0421. The molecular weight excluding hydrogens is 280 g/mol. The van der Waals surface area contributed by atoms with E-state index in [0.717, 1.165) is 45.6 Å². The van der Waals surface area contributed by atoms with E-state index in [1.54, 1.807) is 0 Å². The van der Waals surface area contributed by atoms with Crippen molar-refractivity contribution in [1.29, 1.82) is 0 Å². The Morgan fingerprint density at radius 2 is 1.77 bits per heavy atom. The van der Waals surface area contributed by atoms with Gasteiger partial charge in [-0.2, -0.15) is 0 Å². The van der Waals surface area contributed by atoms with Crippen LogP contribution in [-0.4, -0.2) is 60.5 Å². The van der Waals surface area contributed by atoms with Crippen molar-refractivity contribution in [2.24, 2.45) is 17.6 Å². The van der Waals surface area contributed by atoms with Crippen molar-refractivity contribution < 1.29 is 9.59 Å². The summed E-state index contributed by atoms with van der Waals surface area (Å²) in [6, 6.07) is 0.630. The van der Waals surface area contributed by atoms with Gasteiger partial charge in [0.05, 0.1) is 0 Å². The van der Waals surface area contributed by atoms with E-state index in [-0.39, 0.29) is 11.9 Å². The summed E-state index contributed by atoms with van der Waals surface area (Å²) >= 11 is 0. The summed E-state index contributed by atoms with van der Waals surface area (Å²) in [5.41, 5.74) is 5.23. The minimum Gasteiger partial charge on any atom is -0.370 e. The lowest BCUT2D eigenvalue weighted by atomic mass is 9.93. The second-order valence-corrected chi connectivity index (χ2v) is 7.03. The van der Waals surface area contributed by atoms with Crippen LogP contribution in [0.4, 0.5) is 4.79 Å². The van der Waals surface area contributed by atoms with Crippen molar-refractivity contribution in [1.82, 2.24) is 15.1 Å². The molecule has 2 aliphatic heterocycles. The number of nitrogens with zero attached hydrogens (tertiary/aromatic N) is 2. The first-order valence-corrected chi connectivity index (χ1v) is 8.50. The van der Waals surface area contributed by atoms with Gasteiger partial charge in [0.15, 0.2) is 0 Å². The molecule has 2 heterocycles. The van der Waals surface area contributed by atoms with E-state index in [4.69, 9.17) is 5.73 Å². The first kappa shape index (κ1) is 17.1. The maximum atomic E-state index is 12.2. The van der Waals surface area contributed by atoms with Crippen LogP contribution in [0, 0.1) is 11.8 Å². The second-order valence-electron chi connectivity index (χ2n) is 7.03. The quantitative estimate of drug-likeness (QED) is 0.795. The van der Waals surface area contributed by atoms with Gasteiger partial charge in [-0.1, -0.05) is 0 Å². The van der Waals surface area contributed by atoms with E-state index in [1.807, 2.05) is 4.90 Å². The zero-order valence-electron chi connectivity index (χ0n) is 13.9. The fraction of sp³-hybridized carbons (Fsp3) is 0.875. The topological polar surface area (TPSA) is 78.7 Å². The number of urea groups is 1. The number of likely N-dealkylation sites (tertiary alicyclic amines) is 2. The molecule has 2 saturated heterocycles. The second kappa shape index (κ2) is 7.81. The molecule has 126 valence electrons. The van der Waals surface area contributed by atoms with Gasteiger partial charge >= 0.3 is 6.03 Å². The third-order valence-corrected chi connectivity index (χ3v) is 4.98. The Bertz CT molecular complexity index is 392. The third kappa shape index (κ3) is 4.87. The number of rotatable bonds is 5. The molecule has 2 aliphatic rings. The molecule has 0 unspecified atom stereocenters. The molecule has 2 rings (SSSR count). The third-order valence-electron chi connectivity index (χ3n) is 4.98. The van der Waals surface area contributed by atoms with Gasteiger partial charge in [-0.05, 0) is 51.5 Å². The molecule has 2 fully saturated rings. The average molecular weight is 310 g/mol. The van der Waals surface area contributed by atoms with Gasteiger partial charge in [0.25, 0.3) is 0 Å². The van der Waals surface area contributed by atoms with E-state index in [9.17, 15) is 9.59 Å². The minimum atomic E-state index is -0.237. The number of hydrogen-bond donors (Lipinski definition) is 2. The Labute approximate surface area is 133 Å². The van der Waals surface area contributed by atoms with Crippen LogP contribution < -0.4 is 11.1 Å². The van der Waals surface area contributed by atoms with Crippen LogP contribution in [0.15, 0.2) is 0 Å². The summed E-state index contributed by atoms with van der Waals surface area (Å²) in [7, 11) is 0. The monoisotopic (exact) mass is 310 g/mol. The Hall–Kier alpha value is -1.30. The first-order chi connectivity index (χ1) is 10.5. The van der Waals surface area contributed by atoms with Crippen molar-refractivity contribution in [3.05, 3.63) is 0 Å². The van der Waals surface area contributed by atoms with Crippen LogP contribution in [0.2, 0.25) is 0 Å². The lowest BCUT2D eigenvalue weighted by Gasteiger charge is -2.31. The number of amides is 3. The lowest BCUT2D eigenvalue weighted by Crippen LogP contribution is -2.46. The van der Waals surface area contributed by atoms with Crippen molar-refractivity contribution in [3.63, 3.8) is 0 Å². The smallest absolute Gasteiger partial charge is 0.317 e. The number of carbonyl (C=O) groups excluding carboxylic acids is 2. The van der Waals surface area contributed by atoms with Gasteiger partial charge in [0.1, 0.15) is 0 Å². The highest BCUT2D eigenvalue weighted by Gasteiger charge is 2.27. The van der Waals surface area contributed by atoms with E-state index in [0.29, 0.717) is 24.3 Å². The normalized spacial score (nSPS) is 24.0. The summed E-state index contributed by atoms with van der Waals surface area (Å²) < 4.78 is 0. The molecule has 0 spiro atoms. The number of piperidine rings is 1. The van der Waals surface area contributed by atoms with Gasteiger partial charge in [0, 0.05) is 38.6 Å². The molecule has 0 bridgehead atoms. The van der Waals surface area contributed by atoms with E-state index < -0.39 is 0 Å². The van der Waals surface area contributed by atoms with Crippen LogP contribution in [0.1, 0.15) is 39.5 Å². The molecule has 6 nitrogen and oxygen atoms in total. The summed E-state index contributed by atoms with van der Waals surface area (Å²) in [5.74, 6) is 0.675. The molecule has 0 aromatic carbocycles. The molecule has 0 aliphatic carbocycles. The van der Waals surface area contributed by atoms with Gasteiger partial charge in [-0.15, -0.1) is 0 Å². The standard InChI is InChI=1S/C16H30N4O2/c1-12(2)20-8-5-14(11-20)10-18-16(22)19-6-3-13(4-7-19)9-15(17)21/h12-14H,3-11H2,1-2H3,(H2,17,21)(H,18,22)/t14-/m1/s1. The molecule has 0 aromatic heterocycles. The van der Waals surface area contributed by atoms with Crippen LogP contribution in [-0.2, 0) is 4.79 Å². The fourth-order valence-corrected chi connectivity index (χ4v) is 3.47. The van der Waals surface area contributed by atoms with Gasteiger partial charge < -0.3 is 20.9 Å². The molecular formula is C16H30N4O2. The number of primary amides is 1. The number of nitrogens with two attached hydrogens (primary N) is 1. The number of carbonyl (C=O) groups is 2. The molecule has 1 atom stereocenters. The van der Waals surface area contributed by atoms with Crippen molar-refractivity contribution in [3.8, 4) is 0 Å². The molecule has 6 heteroatoms. The lowest BCUT2D eigenvalue weighted by molar-refractivity contribution is -0.119. The van der Waals surface area contributed by atoms with Gasteiger partial charge in [-0.3, -0.25) is 4.79 Å². The highest BCUT2D eigenvalue weighted by Crippen LogP contribution is 2.21. The Kier molecular flexibility index (Phi) is 6.06. The highest BCUT2D eigenvalue weighted by atomic mass is 16.2. The predicted octanol–water partition coefficient (Wildman–Crippen LogP) is 1.01. The molecule has 0 saturated carbocycles. The Balaban J connectivity index is 1.65. The van der Waals surface area contributed by atoms with Crippen molar-refractivity contribution >= 4 is 11.9 Å². The Morgan fingerprint density at radius 3 is 2.32 bits per heavy atom. The average Bonchev–Trinajstić information content (AvgIpc) is 2.94. The summed E-state index contributed by atoms with van der Waals surface area (Å²) in [6.07, 6.45) is 3.36. The maximum absolute atomic E-state index is 12.2. The fourth-order valence-electron chi connectivity index (χ4n) is 3.47. The van der Waals surface area contributed by atoms with E-state index in [1.165, 1.54) is 6.42 Å². The maximum Gasteiger partial charge on any atom is 0.317 e. The molecule has 3 amide bonds. The zero-order chi connectivity index (χ0) is 16.1. The summed E-state index contributed by atoms with van der Waals surface area (Å²) in [4.78, 5) is 27.5. The SMILES string of the molecule is CC(C)N1CC[C@H](CNC(=O)N2CCC(CC(N)=O)CC2)C1. The van der Waals surface area contributed by atoms with E-state index >= 15 is 0 Å². The van der Waals surface area contributed by atoms with Crippen LogP contribution in [0.5, 0.6) is 0 Å². The molecule has 22 heavy (non-hydrogen) atoms. The molecule has 0 radical (unpaired) electrons. The van der Waals surface area contributed by atoms with Crippen LogP contribution in [0.25, 0.3) is 0 Å². The Morgan fingerprint density at radius 1 is 1.14 bits per heavy atom. The van der Waals surface area contributed by atoms with E-state index in [2.05, 4.69) is 24.1 Å². The predicted molar refractivity (Wildman–Crippen MR) is 86.3 cm³/mol. The van der Waals surface area contributed by atoms with Crippen LogP contribution in [0.3, 0.4) is 0 Å². The summed E-state index contributed by atoms with van der Waals surface area (Å²) in [6.45, 7) is 8.88. The van der Waals surface area contributed by atoms with Gasteiger partial charge in [0.2, 0.25) is 5.91 Å². The zero-order valence-corrected chi connectivity index (χ0v) is 13.9. The summed E-state index contributed by atoms with van der Waals surface area (Å²) in [5, 5.41) is 3.08. The molecule has 3 N–H and O–H groups in total. The first-order valence-electron chi connectivity index (χ1n) is 8.50. The number of hydrogen-bond acceptors (Lipinski definition) is 3. The number of nitrogens with one attached hydrogen (secondary N) is 1. The molecule has 0 aromatic rings. The largest absolute Gasteiger partial charge is 0.370 e. The van der Waals surface area contributed by atoms with Crippen molar-refractivity contribution in [2.45, 2.75) is 45.6 Å². The van der Waals surface area contributed by atoms with Gasteiger partial charge in [-0.25, -0.2) is 4.79 Å². The van der Waals surface area contributed by atoms with Crippen molar-refractivity contribution in [2.75, 3.05) is 32.7 Å². The highest BCUT2D eigenvalue weighted by molar-refractivity contribution is 5.75.